The Morgan fingerprint density at radius 3 is 2.08 bits per heavy atom. The van der Waals surface area contributed by atoms with Gasteiger partial charge in [0.1, 0.15) is 0 Å². The van der Waals surface area contributed by atoms with Crippen LogP contribution in [0.4, 0.5) is 0 Å². The van der Waals surface area contributed by atoms with Gasteiger partial charge in [-0.25, -0.2) is 4.89 Å². The predicted octanol–water partition coefficient (Wildman–Crippen LogP) is 3.47. The molecule has 0 radical (unpaired) electrons. The number of hydrogen-bond acceptors (Lipinski definition) is 2. The molecule has 0 saturated carbocycles. The van der Waals surface area contributed by atoms with E-state index in [0.29, 0.717) is 12.0 Å². The van der Waals surface area contributed by atoms with Gasteiger partial charge in [0.25, 0.3) is 0 Å². The van der Waals surface area contributed by atoms with Crippen molar-refractivity contribution in [1.29, 1.82) is 0 Å². The Bertz CT molecular complexity index is 94.5. The monoisotopic (exact) mass is 174 g/mol. The minimum atomic E-state index is 0.466. The Morgan fingerprint density at radius 2 is 1.58 bits per heavy atom. The van der Waals surface area contributed by atoms with Gasteiger partial charge in [-0.15, -0.1) is 0 Å². The first-order valence-electron chi connectivity index (χ1n) is 4.82. The van der Waals surface area contributed by atoms with Crippen molar-refractivity contribution in [3.05, 3.63) is 0 Å². The number of hydrogen-bond donors (Lipinski definition) is 1. The predicted molar refractivity (Wildman–Crippen MR) is 51.1 cm³/mol. The van der Waals surface area contributed by atoms with Gasteiger partial charge >= 0.3 is 0 Å². The molecule has 1 N–H and O–H groups in total. The molecular weight excluding hydrogens is 152 g/mol. The largest absolute Gasteiger partial charge is 0.252 e. The molecule has 0 aliphatic carbocycles. The van der Waals surface area contributed by atoms with Crippen molar-refractivity contribution < 1.29 is 10.1 Å². The Balaban J connectivity index is 3.01. The minimum absolute atomic E-state index is 0.466. The molecule has 0 aromatic rings. The van der Waals surface area contributed by atoms with Crippen LogP contribution in [0.5, 0.6) is 0 Å². The molecule has 0 rings (SSSR count). The summed E-state index contributed by atoms with van der Waals surface area (Å²) in [6.07, 6.45) is 5.96. The van der Waals surface area contributed by atoms with E-state index in [-0.39, 0.29) is 0 Å². The van der Waals surface area contributed by atoms with E-state index in [1.165, 1.54) is 19.3 Å². The number of rotatable bonds is 6. The van der Waals surface area contributed by atoms with Gasteiger partial charge in [-0.3, -0.25) is 5.26 Å². The first-order valence-corrected chi connectivity index (χ1v) is 4.82. The van der Waals surface area contributed by atoms with Crippen molar-refractivity contribution >= 4 is 0 Å². The van der Waals surface area contributed by atoms with Gasteiger partial charge in [0.2, 0.25) is 0 Å². The maximum Gasteiger partial charge on any atom is 0.0819 e. The van der Waals surface area contributed by atoms with Crippen molar-refractivity contribution in [2.75, 3.05) is 6.61 Å². The van der Waals surface area contributed by atoms with E-state index in [4.69, 9.17) is 5.26 Å². The van der Waals surface area contributed by atoms with Crippen molar-refractivity contribution in [2.45, 2.75) is 52.9 Å². The lowest BCUT2D eigenvalue weighted by molar-refractivity contribution is -0.242. The van der Waals surface area contributed by atoms with Gasteiger partial charge in [-0.2, -0.15) is 0 Å². The summed E-state index contributed by atoms with van der Waals surface area (Å²) < 4.78 is 0. The zero-order valence-corrected chi connectivity index (χ0v) is 8.60. The molecule has 0 aliphatic heterocycles. The van der Waals surface area contributed by atoms with Crippen LogP contribution in [-0.2, 0) is 4.89 Å². The Hall–Kier alpha value is -0.0800. The lowest BCUT2D eigenvalue weighted by Gasteiger charge is -2.17. The van der Waals surface area contributed by atoms with Crippen LogP contribution in [0, 0.1) is 5.41 Å². The average molecular weight is 174 g/mol. The highest BCUT2D eigenvalue weighted by atomic mass is 17.1. The second kappa shape index (κ2) is 6.44. The first-order chi connectivity index (χ1) is 5.56. The lowest BCUT2D eigenvalue weighted by atomic mass is 9.89. The normalized spacial score (nSPS) is 12.0. The molecule has 0 aromatic carbocycles. The smallest absolute Gasteiger partial charge is 0.0819 e. The molecule has 74 valence electrons. The second-order valence-corrected chi connectivity index (χ2v) is 4.56. The van der Waals surface area contributed by atoms with E-state index in [2.05, 4.69) is 25.7 Å². The summed E-state index contributed by atoms with van der Waals surface area (Å²) in [4.78, 5) is 3.99. The van der Waals surface area contributed by atoms with E-state index in [1.807, 2.05) is 0 Å². The molecule has 0 atom stereocenters. The van der Waals surface area contributed by atoms with Crippen molar-refractivity contribution in [1.82, 2.24) is 0 Å². The van der Waals surface area contributed by atoms with E-state index < -0.39 is 0 Å². The third-order valence-corrected chi connectivity index (χ3v) is 1.91. The third-order valence-electron chi connectivity index (χ3n) is 1.91. The summed E-state index contributed by atoms with van der Waals surface area (Å²) in [5.41, 5.74) is 0.466. The highest BCUT2D eigenvalue weighted by molar-refractivity contribution is 4.60. The van der Waals surface area contributed by atoms with E-state index in [1.54, 1.807) is 0 Å². The molecular formula is C10H22O2. The molecule has 2 nitrogen and oxygen atoms in total. The average Bonchev–Trinajstić information content (AvgIpc) is 1.94. The van der Waals surface area contributed by atoms with Gasteiger partial charge in [0.15, 0.2) is 0 Å². The Labute approximate surface area is 75.9 Å². The topological polar surface area (TPSA) is 29.5 Å². The van der Waals surface area contributed by atoms with Crippen LogP contribution in [0.3, 0.4) is 0 Å². The van der Waals surface area contributed by atoms with Crippen LogP contribution in [0.2, 0.25) is 0 Å². The van der Waals surface area contributed by atoms with Crippen molar-refractivity contribution in [3.8, 4) is 0 Å². The molecule has 0 unspecified atom stereocenters. The van der Waals surface area contributed by atoms with E-state index in [0.717, 1.165) is 12.8 Å². The molecule has 0 bridgehead atoms. The Kier molecular flexibility index (Phi) is 6.39. The summed E-state index contributed by atoms with van der Waals surface area (Å²) in [5.74, 6) is 0. The van der Waals surface area contributed by atoms with Gasteiger partial charge in [-0.05, 0) is 18.3 Å². The van der Waals surface area contributed by atoms with E-state index >= 15 is 0 Å². The maximum atomic E-state index is 8.05. The standard InChI is InChI=1S/C10H22O2/c1-10(2,3)8-6-4-5-7-9-12-11/h11H,4-9H2,1-3H3. The van der Waals surface area contributed by atoms with Crippen LogP contribution in [-0.4, -0.2) is 11.9 Å². The van der Waals surface area contributed by atoms with Crippen LogP contribution in [0.15, 0.2) is 0 Å². The van der Waals surface area contributed by atoms with Crippen LogP contribution < -0.4 is 0 Å². The van der Waals surface area contributed by atoms with Gasteiger partial charge in [0.05, 0.1) is 6.61 Å². The molecule has 0 aliphatic rings. The molecule has 0 amide bonds. The summed E-state index contributed by atoms with van der Waals surface area (Å²) in [5, 5.41) is 8.05. The van der Waals surface area contributed by atoms with E-state index in [9.17, 15) is 0 Å². The van der Waals surface area contributed by atoms with Crippen LogP contribution in [0.25, 0.3) is 0 Å². The summed E-state index contributed by atoms with van der Waals surface area (Å²) >= 11 is 0. The van der Waals surface area contributed by atoms with Crippen LogP contribution in [0.1, 0.15) is 52.9 Å². The van der Waals surface area contributed by atoms with Crippen molar-refractivity contribution in [2.24, 2.45) is 5.41 Å². The van der Waals surface area contributed by atoms with Crippen molar-refractivity contribution in [3.63, 3.8) is 0 Å². The fourth-order valence-corrected chi connectivity index (χ4v) is 1.18. The highest BCUT2D eigenvalue weighted by Crippen LogP contribution is 2.22. The van der Waals surface area contributed by atoms with Gasteiger partial charge in [0, 0.05) is 0 Å². The molecule has 2 heteroatoms. The number of unbranched alkanes of at least 4 members (excludes halogenated alkanes) is 3. The third kappa shape index (κ3) is 9.92. The lowest BCUT2D eigenvalue weighted by Crippen LogP contribution is -2.04. The molecule has 0 fully saturated rings. The molecule has 12 heavy (non-hydrogen) atoms. The molecule has 0 spiro atoms. The zero-order valence-electron chi connectivity index (χ0n) is 8.60. The van der Waals surface area contributed by atoms with Gasteiger partial charge in [-0.1, -0.05) is 40.0 Å². The fourth-order valence-electron chi connectivity index (χ4n) is 1.18. The summed E-state index contributed by atoms with van der Waals surface area (Å²) in [7, 11) is 0. The SMILES string of the molecule is CC(C)(C)CCCCCCOO. The zero-order chi connectivity index (χ0) is 9.45. The molecule has 0 heterocycles. The summed E-state index contributed by atoms with van der Waals surface area (Å²) in [6, 6.07) is 0. The van der Waals surface area contributed by atoms with Gasteiger partial charge < -0.3 is 0 Å². The Morgan fingerprint density at radius 1 is 1.00 bits per heavy atom. The summed E-state index contributed by atoms with van der Waals surface area (Å²) in [6.45, 7) is 7.28. The molecule has 0 saturated heterocycles. The highest BCUT2D eigenvalue weighted by Gasteiger charge is 2.08. The minimum Gasteiger partial charge on any atom is -0.252 e. The second-order valence-electron chi connectivity index (χ2n) is 4.56. The first kappa shape index (κ1) is 11.9. The van der Waals surface area contributed by atoms with Crippen LogP contribution >= 0.6 is 0 Å². The quantitative estimate of drug-likeness (QED) is 0.379. The fraction of sp³-hybridized carbons (Fsp3) is 1.00. The molecule has 0 aromatic heterocycles. The maximum absolute atomic E-state index is 8.05.